The fourth-order valence-electron chi connectivity index (χ4n) is 2.77. The molecule has 2 aromatic rings. The molecule has 122 valence electrons. The van der Waals surface area contributed by atoms with Crippen LogP contribution in [0.2, 0.25) is 0 Å². The Labute approximate surface area is 133 Å². The minimum Gasteiger partial charge on any atom is -0.484 e. The van der Waals surface area contributed by atoms with Gasteiger partial charge in [0.05, 0.1) is 7.11 Å². The van der Waals surface area contributed by atoms with E-state index in [0.29, 0.717) is 5.75 Å². The Balaban J connectivity index is 1.64. The average molecular weight is 317 g/mol. The third-order valence-corrected chi connectivity index (χ3v) is 3.95. The van der Waals surface area contributed by atoms with Crippen molar-refractivity contribution < 1.29 is 23.5 Å². The lowest BCUT2D eigenvalue weighted by molar-refractivity contribution is -0.141. The number of esters is 1. The summed E-state index contributed by atoms with van der Waals surface area (Å²) in [5.74, 6) is 0.814. The van der Waals surface area contributed by atoms with Gasteiger partial charge in [0.25, 0.3) is 5.91 Å². The number of furan rings is 1. The molecule has 0 unspecified atom stereocenters. The minimum atomic E-state index is -0.496. The number of carbonyl (C=O) groups excluding carboxylic acids is 2. The molecule has 0 bridgehead atoms. The van der Waals surface area contributed by atoms with Gasteiger partial charge in [0.1, 0.15) is 23.6 Å². The van der Waals surface area contributed by atoms with Crippen molar-refractivity contribution in [2.24, 2.45) is 0 Å². The Hall–Kier alpha value is -2.50. The molecule has 6 nitrogen and oxygen atoms in total. The summed E-state index contributed by atoms with van der Waals surface area (Å²) in [5, 5.41) is 3.49. The maximum absolute atomic E-state index is 11.6. The number of nitrogens with one attached hydrogen (secondary N) is 1. The van der Waals surface area contributed by atoms with Crippen molar-refractivity contribution in [2.75, 3.05) is 20.3 Å². The molecular weight excluding hydrogens is 298 g/mol. The fourth-order valence-corrected chi connectivity index (χ4v) is 2.77. The van der Waals surface area contributed by atoms with E-state index in [1.54, 1.807) is 6.07 Å². The summed E-state index contributed by atoms with van der Waals surface area (Å²) in [5.41, 5.74) is 2.12. The Morgan fingerprint density at radius 2 is 2.09 bits per heavy atom. The molecule has 23 heavy (non-hydrogen) atoms. The second-order valence-corrected chi connectivity index (χ2v) is 5.51. The molecule has 3 rings (SSSR count). The first-order valence-electron chi connectivity index (χ1n) is 7.68. The molecule has 1 N–H and O–H groups in total. The molecule has 1 aromatic heterocycles. The number of benzene rings is 1. The average Bonchev–Trinajstić information content (AvgIpc) is 2.95. The number of hydrogen-bond acceptors (Lipinski definition) is 5. The molecule has 1 aromatic carbocycles. The highest BCUT2D eigenvalue weighted by atomic mass is 16.5. The lowest BCUT2D eigenvalue weighted by Gasteiger charge is -2.09. The standard InChI is InChI=1S/C17H19NO5/c1-21-17(20)9-18-16(19)10-22-11-6-7-15-13(8-11)12-4-2-3-5-14(12)23-15/h6-8H,2-5,9-10H2,1H3,(H,18,19). The van der Waals surface area contributed by atoms with Crippen LogP contribution in [0.15, 0.2) is 22.6 Å². The predicted molar refractivity (Wildman–Crippen MR) is 83.4 cm³/mol. The van der Waals surface area contributed by atoms with Gasteiger partial charge in [0.2, 0.25) is 0 Å². The largest absolute Gasteiger partial charge is 0.484 e. The molecule has 1 aliphatic carbocycles. The second kappa shape index (κ2) is 6.73. The Kier molecular flexibility index (Phi) is 4.50. The van der Waals surface area contributed by atoms with Gasteiger partial charge in [-0.25, -0.2) is 0 Å². The van der Waals surface area contributed by atoms with E-state index in [1.807, 2.05) is 12.1 Å². The monoisotopic (exact) mass is 317 g/mol. The molecule has 0 spiro atoms. The van der Waals surface area contributed by atoms with Gasteiger partial charge >= 0.3 is 5.97 Å². The van der Waals surface area contributed by atoms with Crippen LogP contribution in [0, 0.1) is 0 Å². The zero-order valence-corrected chi connectivity index (χ0v) is 13.0. The molecule has 1 heterocycles. The summed E-state index contributed by atoms with van der Waals surface area (Å²) in [6.07, 6.45) is 4.33. The van der Waals surface area contributed by atoms with Crippen molar-refractivity contribution in [1.29, 1.82) is 0 Å². The summed E-state index contributed by atoms with van der Waals surface area (Å²) in [4.78, 5) is 22.6. The van der Waals surface area contributed by atoms with Crippen molar-refractivity contribution in [3.05, 3.63) is 29.5 Å². The molecular formula is C17H19NO5. The first kappa shape index (κ1) is 15.4. The van der Waals surface area contributed by atoms with E-state index >= 15 is 0 Å². The van der Waals surface area contributed by atoms with Crippen molar-refractivity contribution in [2.45, 2.75) is 25.7 Å². The predicted octanol–water partition coefficient (Wildman–Crippen LogP) is 1.98. The van der Waals surface area contributed by atoms with E-state index in [0.717, 1.165) is 36.0 Å². The highest BCUT2D eigenvalue weighted by Gasteiger charge is 2.18. The number of ether oxygens (including phenoxy) is 2. The van der Waals surface area contributed by atoms with E-state index in [2.05, 4.69) is 10.1 Å². The molecule has 6 heteroatoms. The first-order valence-corrected chi connectivity index (χ1v) is 7.68. The van der Waals surface area contributed by atoms with Gasteiger partial charge in [-0.3, -0.25) is 9.59 Å². The molecule has 0 aliphatic heterocycles. The minimum absolute atomic E-state index is 0.150. The molecule has 0 saturated heterocycles. The first-order chi connectivity index (χ1) is 11.2. The number of carbonyl (C=O) groups is 2. The van der Waals surface area contributed by atoms with Crippen LogP contribution in [0.4, 0.5) is 0 Å². The van der Waals surface area contributed by atoms with E-state index < -0.39 is 5.97 Å². The number of fused-ring (bicyclic) bond motifs is 3. The van der Waals surface area contributed by atoms with Crippen LogP contribution < -0.4 is 10.1 Å². The maximum atomic E-state index is 11.6. The van der Waals surface area contributed by atoms with Gasteiger partial charge in [-0.1, -0.05) is 0 Å². The number of amides is 1. The molecule has 0 radical (unpaired) electrons. The highest BCUT2D eigenvalue weighted by Crippen LogP contribution is 2.33. The number of aryl methyl sites for hydroxylation is 2. The van der Waals surface area contributed by atoms with Crippen LogP contribution in [-0.4, -0.2) is 32.1 Å². The van der Waals surface area contributed by atoms with E-state index in [9.17, 15) is 9.59 Å². The summed E-state index contributed by atoms with van der Waals surface area (Å²) >= 11 is 0. The molecule has 1 aliphatic rings. The smallest absolute Gasteiger partial charge is 0.325 e. The number of methoxy groups -OCH3 is 1. The third kappa shape index (κ3) is 3.47. The van der Waals surface area contributed by atoms with E-state index in [-0.39, 0.29) is 19.1 Å². The van der Waals surface area contributed by atoms with Gasteiger partial charge in [0.15, 0.2) is 6.61 Å². The molecule has 1 amide bonds. The highest BCUT2D eigenvalue weighted by molar-refractivity contribution is 5.85. The third-order valence-electron chi connectivity index (χ3n) is 3.95. The molecule has 0 saturated carbocycles. The maximum Gasteiger partial charge on any atom is 0.325 e. The molecule has 0 fully saturated rings. The Bertz CT molecular complexity index is 734. The topological polar surface area (TPSA) is 77.8 Å². The van der Waals surface area contributed by atoms with Crippen LogP contribution >= 0.6 is 0 Å². The van der Waals surface area contributed by atoms with Crippen molar-refractivity contribution in [3.63, 3.8) is 0 Å². The van der Waals surface area contributed by atoms with Crippen molar-refractivity contribution in [1.82, 2.24) is 5.32 Å². The zero-order valence-electron chi connectivity index (χ0n) is 13.0. The summed E-state index contributed by atoms with van der Waals surface area (Å²) < 4.78 is 15.8. The summed E-state index contributed by atoms with van der Waals surface area (Å²) in [6.45, 7) is -0.310. The SMILES string of the molecule is COC(=O)CNC(=O)COc1ccc2oc3c(c2c1)CCCC3. The van der Waals surface area contributed by atoms with Crippen LogP contribution in [-0.2, 0) is 27.2 Å². The van der Waals surface area contributed by atoms with E-state index in [4.69, 9.17) is 9.15 Å². The van der Waals surface area contributed by atoms with Gasteiger partial charge in [0, 0.05) is 17.4 Å². The summed E-state index contributed by atoms with van der Waals surface area (Å²) in [6, 6.07) is 5.57. The van der Waals surface area contributed by atoms with Gasteiger partial charge in [-0.15, -0.1) is 0 Å². The van der Waals surface area contributed by atoms with Crippen molar-refractivity contribution >= 4 is 22.8 Å². The second-order valence-electron chi connectivity index (χ2n) is 5.51. The lowest BCUT2D eigenvalue weighted by atomic mass is 9.96. The number of rotatable bonds is 5. The van der Waals surface area contributed by atoms with Gasteiger partial charge in [-0.05, 0) is 37.5 Å². The van der Waals surface area contributed by atoms with Crippen LogP contribution in [0.3, 0.4) is 0 Å². The van der Waals surface area contributed by atoms with Crippen LogP contribution in [0.5, 0.6) is 5.75 Å². The van der Waals surface area contributed by atoms with Crippen molar-refractivity contribution in [3.8, 4) is 5.75 Å². The van der Waals surface area contributed by atoms with E-state index in [1.165, 1.54) is 19.1 Å². The van der Waals surface area contributed by atoms with Gasteiger partial charge < -0.3 is 19.2 Å². The lowest BCUT2D eigenvalue weighted by Crippen LogP contribution is -2.33. The molecule has 0 atom stereocenters. The number of hydrogen-bond donors (Lipinski definition) is 1. The zero-order chi connectivity index (χ0) is 16.2. The Morgan fingerprint density at radius 3 is 2.91 bits per heavy atom. The Morgan fingerprint density at radius 1 is 1.26 bits per heavy atom. The normalized spacial score (nSPS) is 13.4. The quantitative estimate of drug-likeness (QED) is 0.853. The van der Waals surface area contributed by atoms with Crippen LogP contribution in [0.1, 0.15) is 24.2 Å². The van der Waals surface area contributed by atoms with Gasteiger partial charge in [-0.2, -0.15) is 0 Å². The summed E-state index contributed by atoms with van der Waals surface area (Å²) in [7, 11) is 1.27. The fraction of sp³-hybridized carbons (Fsp3) is 0.412. The van der Waals surface area contributed by atoms with Crippen LogP contribution in [0.25, 0.3) is 11.0 Å².